The van der Waals surface area contributed by atoms with Crippen LogP contribution >= 0.6 is 22.9 Å². The molecule has 1 amide bonds. The highest BCUT2D eigenvalue weighted by Crippen LogP contribution is 2.16. The molecule has 0 atom stereocenters. The molecule has 0 saturated heterocycles. The number of aromatic nitrogens is 2. The Morgan fingerprint density at radius 2 is 2.35 bits per heavy atom. The number of nitrogens with zero attached hydrogens (tertiary/aromatic N) is 2. The number of thiophene rings is 1. The molecule has 2 aromatic heterocycles. The molecule has 2 aromatic rings. The topological polar surface area (TPSA) is 80.9 Å². The molecule has 2 heterocycles. The molecule has 0 radical (unpaired) electrons. The van der Waals surface area contributed by atoms with Gasteiger partial charge < -0.3 is 11.1 Å². The summed E-state index contributed by atoms with van der Waals surface area (Å²) in [6, 6.07) is 3.89. The van der Waals surface area contributed by atoms with E-state index in [0.717, 1.165) is 27.0 Å². The molecular weight excluding hydrogens is 292 g/mol. The van der Waals surface area contributed by atoms with E-state index in [4.69, 9.17) is 5.73 Å². The van der Waals surface area contributed by atoms with E-state index in [9.17, 15) is 4.79 Å². The van der Waals surface area contributed by atoms with Gasteiger partial charge in [0.2, 0.25) is 0 Å². The van der Waals surface area contributed by atoms with E-state index in [1.165, 1.54) is 0 Å². The molecule has 104 valence electrons. The van der Waals surface area contributed by atoms with Gasteiger partial charge in [0.05, 0.1) is 23.7 Å². The first-order chi connectivity index (χ1) is 9.74. The summed E-state index contributed by atoms with van der Waals surface area (Å²) < 4.78 is 3.81. The summed E-state index contributed by atoms with van der Waals surface area (Å²) in [5.41, 5.74) is 6.07. The number of hydrogen-bond donors (Lipinski definition) is 2. The second-order valence-corrected chi connectivity index (χ2v) is 5.78. The highest BCUT2D eigenvalue weighted by atomic mass is 32.1. The summed E-state index contributed by atoms with van der Waals surface area (Å²) in [7, 11) is 0. The standard InChI is InChI=1S/C13H14N4OS2/c1-2-11-12(20-17-16-11)13(18)15-8-10-6-5-9(19-10)4-3-7-14/h5-6H,2,7-8,14H2,1H3,(H,15,18). The van der Waals surface area contributed by atoms with Crippen LogP contribution in [0, 0.1) is 11.8 Å². The van der Waals surface area contributed by atoms with Gasteiger partial charge in [0, 0.05) is 4.88 Å². The van der Waals surface area contributed by atoms with Crippen LogP contribution < -0.4 is 11.1 Å². The van der Waals surface area contributed by atoms with Crippen molar-refractivity contribution < 1.29 is 4.79 Å². The van der Waals surface area contributed by atoms with Crippen molar-refractivity contribution >= 4 is 28.8 Å². The Hall–Kier alpha value is -1.75. The third-order valence-electron chi connectivity index (χ3n) is 2.50. The van der Waals surface area contributed by atoms with Crippen LogP contribution in [0.25, 0.3) is 0 Å². The van der Waals surface area contributed by atoms with Gasteiger partial charge in [0.15, 0.2) is 0 Å². The van der Waals surface area contributed by atoms with E-state index in [1.807, 2.05) is 19.1 Å². The van der Waals surface area contributed by atoms with Crippen LogP contribution in [-0.2, 0) is 13.0 Å². The maximum atomic E-state index is 12.0. The zero-order valence-electron chi connectivity index (χ0n) is 11.0. The van der Waals surface area contributed by atoms with Gasteiger partial charge in [-0.1, -0.05) is 23.3 Å². The van der Waals surface area contributed by atoms with Gasteiger partial charge in [-0.2, -0.15) is 0 Å². The molecule has 0 aliphatic rings. The minimum absolute atomic E-state index is 0.125. The highest BCUT2D eigenvalue weighted by Gasteiger charge is 2.14. The monoisotopic (exact) mass is 306 g/mol. The minimum Gasteiger partial charge on any atom is -0.346 e. The van der Waals surface area contributed by atoms with Crippen molar-refractivity contribution in [2.45, 2.75) is 19.9 Å². The first kappa shape index (κ1) is 14.7. The summed E-state index contributed by atoms with van der Waals surface area (Å²) in [4.78, 5) is 14.6. The van der Waals surface area contributed by atoms with Crippen LogP contribution in [0.5, 0.6) is 0 Å². The summed E-state index contributed by atoms with van der Waals surface area (Å²) in [6.07, 6.45) is 0.705. The third kappa shape index (κ3) is 3.63. The fourth-order valence-corrected chi connectivity index (χ4v) is 3.03. The zero-order valence-corrected chi connectivity index (χ0v) is 12.6. The predicted octanol–water partition coefficient (Wildman–Crippen LogP) is 1.40. The number of carbonyl (C=O) groups is 1. The largest absolute Gasteiger partial charge is 0.346 e. The van der Waals surface area contributed by atoms with E-state index in [-0.39, 0.29) is 5.91 Å². The minimum atomic E-state index is -0.125. The molecule has 3 N–H and O–H groups in total. The highest BCUT2D eigenvalue weighted by molar-refractivity contribution is 7.12. The predicted molar refractivity (Wildman–Crippen MR) is 80.7 cm³/mol. The van der Waals surface area contributed by atoms with Gasteiger partial charge in [0.1, 0.15) is 4.88 Å². The van der Waals surface area contributed by atoms with Crippen LogP contribution in [-0.4, -0.2) is 22.0 Å². The maximum absolute atomic E-state index is 12.0. The Kier molecular flexibility index (Phi) is 5.24. The Morgan fingerprint density at radius 3 is 3.10 bits per heavy atom. The van der Waals surface area contributed by atoms with Crippen molar-refractivity contribution in [3.8, 4) is 11.8 Å². The van der Waals surface area contributed by atoms with Gasteiger partial charge >= 0.3 is 0 Å². The smallest absolute Gasteiger partial charge is 0.265 e. The van der Waals surface area contributed by atoms with Crippen LogP contribution in [0.2, 0.25) is 0 Å². The Balaban J connectivity index is 1.95. The molecule has 0 saturated carbocycles. The maximum Gasteiger partial charge on any atom is 0.265 e. The van der Waals surface area contributed by atoms with Gasteiger partial charge in [-0.15, -0.1) is 16.4 Å². The van der Waals surface area contributed by atoms with Crippen LogP contribution in [0.3, 0.4) is 0 Å². The van der Waals surface area contributed by atoms with Crippen molar-refractivity contribution in [2.24, 2.45) is 5.73 Å². The fourth-order valence-electron chi connectivity index (χ4n) is 1.54. The van der Waals surface area contributed by atoms with Crippen molar-refractivity contribution in [3.05, 3.63) is 32.5 Å². The number of hydrogen-bond acceptors (Lipinski definition) is 6. The lowest BCUT2D eigenvalue weighted by Gasteiger charge is -2.01. The molecule has 0 bridgehead atoms. The molecule has 2 rings (SSSR count). The summed E-state index contributed by atoms with van der Waals surface area (Å²) in [5, 5.41) is 6.80. The summed E-state index contributed by atoms with van der Waals surface area (Å²) in [6.45, 7) is 2.78. The zero-order chi connectivity index (χ0) is 14.4. The van der Waals surface area contributed by atoms with Crippen molar-refractivity contribution in [1.82, 2.24) is 14.9 Å². The van der Waals surface area contributed by atoms with E-state index >= 15 is 0 Å². The average Bonchev–Trinajstić information content (AvgIpc) is 3.11. The van der Waals surface area contributed by atoms with E-state index in [2.05, 4.69) is 26.7 Å². The second kappa shape index (κ2) is 7.14. The molecule has 7 heteroatoms. The summed E-state index contributed by atoms with van der Waals surface area (Å²) in [5.74, 6) is 5.65. The fraction of sp³-hybridized carbons (Fsp3) is 0.308. The van der Waals surface area contributed by atoms with Crippen molar-refractivity contribution in [3.63, 3.8) is 0 Å². The van der Waals surface area contributed by atoms with E-state index in [0.29, 0.717) is 24.4 Å². The van der Waals surface area contributed by atoms with Gasteiger partial charge in [-0.25, -0.2) is 0 Å². The number of nitrogens with two attached hydrogens (primary N) is 1. The Bertz CT molecular complexity index is 651. The third-order valence-corrected chi connectivity index (χ3v) is 4.26. The average molecular weight is 306 g/mol. The lowest BCUT2D eigenvalue weighted by atomic mass is 10.3. The number of carbonyl (C=O) groups excluding carboxylic acids is 1. The van der Waals surface area contributed by atoms with Crippen LogP contribution in [0.4, 0.5) is 0 Å². The lowest BCUT2D eigenvalue weighted by Crippen LogP contribution is -2.22. The van der Waals surface area contributed by atoms with Crippen molar-refractivity contribution in [1.29, 1.82) is 0 Å². The first-order valence-corrected chi connectivity index (χ1v) is 7.70. The second-order valence-electron chi connectivity index (χ2n) is 3.86. The molecule has 0 aliphatic heterocycles. The number of rotatable bonds is 4. The molecule has 0 spiro atoms. The molecule has 0 fully saturated rings. The Morgan fingerprint density at radius 1 is 1.50 bits per heavy atom. The number of amides is 1. The SMILES string of the molecule is CCc1nnsc1C(=O)NCc1ccc(C#CCN)s1. The van der Waals surface area contributed by atoms with Crippen LogP contribution in [0.15, 0.2) is 12.1 Å². The molecule has 0 aliphatic carbocycles. The molecule has 0 unspecified atom stereocenters. The van der Waals surface area contributed by atoms with E-state index < -0.39 is 0 Å². The van der Waals surface area contributed by atoms with E-state index in [1.54, 1.807) is 11.3 Å². The molecule has 0 aromatic carbocycles. The normalized spacial score (nSPS) is 9.90. The van der Waals surface area contributed by atoms with Gasteiger partial charge in [-0.3, -0.25) is 4.79 Å². The van der Waals surface area contributed by atoms with Crippen molar-refractivity contribution in [2.75, 3.05) is 6.54 Å². The molecule has 5 nitrogen and oxygen atoms in total. The molecule has 20 heavy (non-hydrogen) atoms. The Labute approximate surface area is 125 Å². The molecular formula is C13H14N4OS2. The lowest BCUT2D eigenvalue weighted by molar-refractivity contribution is 0.0954. The number of aryl methyl sites for hydroxylation is 1. The van der Waals surface area contributed by atoms with Gasteiger partial charge in [-0.05, 0) is 30.1 Å². The van der Waals surface area contributed by atoms with Gasteiger partial charge in [0.25, 0.3) is 5.91 Å². The van der Waals surface area contributed by atoms with Crippen LogP contribution in [0.1, 0.15) is 32.0 Å². The quantitative estimate of drug-likeness (QED) is 0.837. The summed E-state index contributed by atoms with van der Waals surface area (Å²) >= 11 is 2.68. The number of nitrogens with one attached hydrogen (secondary N) is 1. The first-order valence-electron chi connectivity index (χ1n) is 6.11.